The maximum atomic E-state index is 12.9. The van der Waals surface area contributed by atoms with E-state index in [1.807, 2.05) is 83.1 Å². The summed E-state index contributed by atoms with van der Waals surface area (Å²) < 4.78 is 18.2. The molecular formula is C32H38BrN3O5. The highest BCUT2D eigenvalue weighted by atomic mass is 79.9. The highest BCUT2D eigenvalue weighted by Crippen LogP contribution is 2.37. The molecule has 3 aromatic carbocycles. The zero-order valence-electron chi connectivity index (χ0n) is 24.2. The topological polar surface area (TPSA) is 98.2 Å². The summed E-state index contributed by atoms with van der Waals surface area (Å²) in [5, 5.41) is 6.90. The van der Waals surface area contributed by atoms with E-state index in [0.29, 0.717) is 46.9 Å². The average Bonchev–Trinajstić information content (AvgIpc) is 2.92. The predicted octanol–water partition coefficient (Wildman–Crippen LogP) is 6.10. The molecule has 0 spiro atoms. The van der Waals surface area contributed by atoms with E-state index in [9.17, 15) is 9.59 Å². The SMILES string of the molecule is CCOc1cc(/C=N\NC(=O)[C@H](CC(C)C)NC(=O)COc2ccccc2C)cc(Br)c1OCc1ccc(C)cc1. The molecule has 1 atom stereocenters. The smallest absolute Gasteiger partial charge is 0.262 e. The van der Waals surface area contributed by atoms with Gasteiger partial charge in [-0.2, -0.15) is 5.10 Å². The number of amides is 2. The monoisotopic (exact) mass is 623 g/mol. The molecule has 0 aliphatic heterocycles. The van der Waals surface area contributed by atoms with Crippen LogP contribution >= 0.6 is 15.9 Å². The van der Waals surface area contributed by atoms with Crippen molar-refractivity contribution in [3.63, 3.8) is 0 Å². The second-order valence-corrected chi connectivity index (χ2v) is 10.9. The Morgan fingerprint density at radius 3 is 2.39 bits per heavy atom. The molecule has 0 heterocycles. The van der Waals surface area contributed by atoms with Crippen molar-refractivity contribution >= 4 is 34.0 Å². The van der Waals surface area contributed by atoms with Crippen LogP contribution in [0.4, 0.5) is 0 Å². The maximum Gasteiger partial charge on any atom is 0.262 e. The highest BCUT2D eigenvalue weighted by molar-refractivity contribution is 9.10. The van der Waals surface area contributed by atoms with E-state index < -0.39 is 11.9 Å². The second-order valence-electron chi connectivity index (χ2n) is 10.1. The molecule has 0 bridgehead atoms. The first-order chi connectivity index (χ1) is 19.7. The summed E-state index contributed by atoms with van der Waals surface area (Å²) in [6, 6.07) is 18.5. The van der Waals surface area contributed by atoms with Crippen molar-refractivity contribution in [2.45, 2.75) is 53.7 Å². The second kappa shape index (κ2) is 15.8. The van der Waals surface area contributed by atoms with Crippen molar-refractivity contribution in [3.8, 4) is 17.2 Å². The van der Waals surface area contributed by atoms with Crippen LogP contribution in [0, 0.1) is 19.8 Å². The van der Waals surface area contributed by atoms with Gasteiger partial charge < -0.3 is 19.5 Å². The van der Waals surface area contributed by atoms with Gasteiger partial charge in [-0.15, -0.1) is 0 Å². The van der Waals surface area contributed by atoms with E-state index in [0.717, 1.165) is 11.1 Å². The van der Waals surface area contributed by atoms with Crippen LogP contribution in [0.3, 0.4) is 0 Å². The number of carbonyl (C=O) groups is 2. The van der Waals surface area contributed by atoms with Gasteiger partial charge in [-0.3, -0.25) is 9.59 Å². The number of nitrogens with zero attached hydrogens (tertiary/aromatic N) is 1. The third-order valence-electron chi connectivity index (χ3n) is 6.04. The normalized spacial score (nSPS) is 11.8. The number of hydrogen-bond acceptors (Lipinski definition) is 6. The van der Waals surface area contributed by atoms with Crippen LogP contribution in [0.5, 0.6) is 17.2 Å². The van der Waals surface area contributed by atoms with E-state index in [-0.39, 0.29) is 18.4 Å². The number of nitrogens with one attached hydrogen (secondary N) is 2. The molecular weight excluding hydrogens is 586 g/mol. The molecule has 0 unspecified atom stereocenters. The average molecular weight is 625 g/mol. The third kappa shape index (κ3) is 10.2. The zero-order chi connectivity index (χ0) is 29.8. The third-order valence-corrected chi connectivity index (χ3v) is 6.62. The Morgan fingerprint density at radius 2 is 1.71 bits per heavy atom. The number of hydrogen-bond donors (Lipinski definition) is 2. The van der Waals surface area contributed by atoms with Crippen LogP contribution in [0.25, 0.3) is 0 Å². The van der Waals surface area contributed by atoms with Gasteiger partial charge in [0, 0.05) is 0 Å². The fraction of sp³-hybridized carbons (Fsp3) is 0.344. The van der Waals surface area contributed by atoms with Gasteiger partial charge in [0.25, 0.3) is 11.8 Å². The Morgan fingerprint density at radius 1 is 0.976 bits per heavy atom. The van der Waals surface area contributed by atoms with Crippen molar-refractivity contribution in [1.29, 1.82) is 0 Å². The highest BCUT2D eigenvalue weighted by Gasteiger charge is 2.22. The van der Waals surface area contributed by atoms with Crippen molar-refractivity contribution < 1.29 is 23.8 Å². The lowest BCUT2D eigenvalue weighted by molar-refractivity contribution is -0.130. The number of carbonyl (C=O) groups excluding carboxylic acids is 2. The number of benzene rings is 3. The molecule has 0 saturated carbocycles. The standard InChI is InChI=1S/C32H38BrN3O5/c1-6-39-29-17-25(16-26(33)31(29)41-19-24-13-11-22(4)12-14-24)18-34-36-32(38)27(15-21(2)3)35-30(37)20-40-28-10-8-7-9-23(28)5/h7-14,16-18,21,27H,6,15,19-20H2,1-5H3,(H,35,37)(H,36,38)/b34-18-/t27-/m0/s1. The molecule has 9 heteroatoms. The van der Waals surface area contributed by atoms with Crippen LogP contribution in [-0.2, 0) is 16.2 Å². The lowest BCUT2D eigenvalue weighted by atomic mass is 10.0. The van der Waals surface area contributed by atoms with Crippen LogP contribution in [0.15, 0.2) is 70.2 Å². The van der Waals surface area contributed by atoms with Crippen molar-refractivity contribution in [1.82, 2.24) is 10.7 Å². The number of ether oxygens (including phenoxy) is 3. The number of hydrazone groups is 1. The maximum absolute atomic E-state index is 12.9. The summed E-state index contributed by atoms with van der Waals surface area (Å²) in [7, 11) is 0. The fourth-order valence-corrected chi connectivity index (χ4v) is 4.53. The van der Waals surface area contributed by atoms with Gasteiger partial charge in [0.05, 0.1) is 17.3 Å². The molecule has 218 valence electrons. The minimum absolute atomic E-state index is 0.171. The Labute approximate surface area is 250 Å². The largest absolute Gasteiger partial charge is 0.490 e. The van der Waals surface area contributed by atoms with Crippen LogP contribution in [0.2, 0.25) is 0 Å². The van der Waals surface area contributed by atoms with E-state index in [1.165, 1.54) is 11.8 Å². The lowest BCUT2D eigenvalue weighted by Gasteiger charge is -2.19. The Balaban J connectivity index is 1.63. The van der Waals surface area contributed by atoms with Gasteiger partial charge in [0.2, 0.25) is 0 Å². The predicted molar refractivity (Wildman–Crippen MR) is 165 cm³/mol. The lowest BCUT2D eigenvalue weighted by Crippen LogP contribution is -2.47. The van der Waals surface area contributed by atoms with Gasteiger partial charge in [-0.05, 0) is 83.9 Å². The van der Waals surface area contributed by atoms with E-state index in [4.69, 9.17) is 14.2 Å². The quantitative estimate of drug-likeness (QED) is 0.167. The van der Waals surface area contributed by atoms with Gasteiger partial charge in [0.1, 0.15) is 18.4 Å². The first-order valence-electron chi connectivity index (χ1n) is 13.6. The van der Waals surface area contributed by atoms with Crippen LogP contribution in [-0.4, -0.2) is 37.3 Å². The van der Waals surface area contributed by atoms with Gasteiger partial charge >= 0.3 is 0 Å². The Kier molecular flexibility index (Phi) is 12.2. The summed E-state index contributed by atoms with van der Waals surface area (Å²) >= 11 is 3.57. The summed E-state index contributed by atoms with van der Waals surface area (Å²) in [5.41, 5.74) is 6.40. The molecule has 0 fully saturated rings. The molecule has 2 amide bonds. The molecule has 0 aromatic heterocycles. The first-order valence-corrected chi connectivity index (χ1v) is 14.4. The number of rotatable bonds is 14. The zero-order valence-corrected chi connectivity index (χ0v) is 25.8. The molecule has 3 rings (SSSR count). The minimum Gasteiger partial charge on any atom is -0.490 e. The summed E-state index contributed by atoms with van der Waals surface area (Å²) in [6.07, 6.45) is 1.97. The Bertz CT molecular complexity index is 1340. The molecule has 8 nitrogen and oxygen atoms in total. The van der Waals surface area contributed by atoms with Crippen molar-refractivity contribution in [2.24, 2.45) is 11.0 Å². The molecule has 2 N–H and O–H groups in total. The molecule has 0 radical (unpaired) electrons. The van der Waals surface area contributed by atoms with E-state index >= 15 is 0 Å². The van der Waals surface area contributed by atoms with Crippen molar-refractivity contribution in [3.05, 3.63) is 87.4 Å². The molecule has 0 aliphatic carbocycles. The molecule has 3 aromatic rings. The van der Waals surface area contributed by atoms with E-state index in [1.54, 1.807) is 12.1 Å². The summed E-state index contributed by atoms with van der Waals surface area (Å²) in [4.78, 5) is 25.5. The summed E-state index contributed by atoms with van der Waals surface area (Å²) in [6.45, 7) is 10.5. The van der Waals surface area contributed by atoms with Crippen molar-refractivity contribution in [2.75, 3.05) is 13.2 Å². The molecule has 41 heavy (non-hydrogen) atoms. The first kappa shape index (κ1) is 31.7. The van der Waals surface area contributed by atoms with Gasteiger partial charge in [0.15, 0.2) is 18.1 Å². The van der Waals surface area contributed by atoms with E-state index in [2.05, 4.69) is 31.8 Å². The number of para-hydroxylation sites is 1. The molecule has 0 saturated heterocycles. The number of halogens is 1. The van der Waals surface area contributed by atoms with Gasteiger partial charge in [-0.1, -0.05) is 61.9 Å². The summed E-state index contributed by atoms with van der Waals surface area (Å²) in [5.74, 6) is 1.14. The number of aryl methyl sites for hydroxylation is 2. The molecule has 0 aliphatic rings. The minimum atomic E-state index is -0.761. The fourth-order valence-electron chi connectivity index (χ4n) is 3.95. The Hall–Kier alpha value is -3.85. The van der Waals surface area contributed by atoms with Crippen LogP contribution < -0.4 is 25.0 Å². The van der Waals surface area contributed by atoms with Crippen LogP contribution in [0.1, 0.15) is 49.4 Å². The van der Waals surface area contributed by atoms with Gasteiger partial charge in [-0.25, -0.2) is 5.43 Å².